The van der Waals surface area contributed by atoms with Crippen molar-refractivity contribution in [3.05, 3.63) is 96.3 Å². The van der Waals surface area contributed by atoms with Crippen LogP contribution in [0.1, 0.15) is 0 Å². The van der Waals surface area contributed by atoms with Crippen LogP contribution in [0.2, 0.25) is 0 Å². The highest BCUT2D eigenvalue weighted by Gasteiger charge is 2.04. The zero-order valence-corrected chi connectivity index (χ0v) is 14.5. The smallest absolute Gasteiger partial charge is 0.345 e. The van der Waals surface area contributed by atoms with Gasteiger partial charge in [-0.1, -0.05) is 28.4 Å². The molecule has 0 aliphatic carbocycles. The zero-order valence-electron chi connectivity index (χ0n) is 14.5. The average molecular weight is 390 g/mol. The highest BCUT2D eigenvalue weighted by Crippen LogP contribution is 2.21. The van der Waals surface area contributed by atoms with Gasteiger partial charge in [0, 0.05) is 26.7 Å². The van der Waals surface area contributed by atoms with E-state index >= 15 is 0 Å². The molecule has 0 saturated heterocycles. The first-order valence-corrected chi connectivity index (χ1v) is 7.92. The van der Waals surface area contributed by atoms with Crippen molar-refractivity contribution in [2.75, 3.05) is 0 Å². The van der Waals surface area contributed by atoms with E-state index in [1.54, 1.807) is 24.3 Å². The fourth-order valence-corrected chi connectivity index (χ4v) is 2.38. The summed E-state index contributed by atoms with van der Waals surface area (Å²) in [6, 6.07) is 14.2. The lowest BCUT2D eigenvalue weighted by atomic mass is 10.2. The summed E-state index contributed by atoms with van der Waals surface area (Å²) in [5, 5.41) is 16.9. The fourth-order valence-electron chi connectivity index (χ4n) is 2.38. The van der Waals surface area contributed by atoms with E-state index in [4.69, 9.17) is 25.0 Å². The fraction of sp³-hybridized carbons (Fsp3) is 0. The first-order valence-electron chi connectivity index (χ1n) is 7.92. The number of hydrogen-bond acceptors (Lipinski definition) is 7. The van der Waals surface area contributed by atoms with Crippen molar-refractivity contribution in [3.8, 4) is 5.75 Å². The van der Waals surface area contributed by atoms with Gasteiger partial charge in [0.1, 0.15) is 28.3 Å². The standard InChI is InChI=1S/C9H5N3O3.C9H5N3O2/c10-12-11-7-3-5-1-2-6(13)4-8(5)15-9(7)14;10-12-11-7-5-6-3-1-2-4-8(6)14-9(7)13/h1-4,13H;1-5H. The Morgan fingerprint density at radius 2 is 1.31 bits per heavy atom. The van der Waals surface area contributed by atoms with Crippen molar-refractivity contribution in [2.45, 2.75) is 0 Å². The van der Waals surface area contributed by atoms with E-state index in [9.17, 15) is 9.59 Å². The van der Waals surface area contributed by atoms with Crippen molar-refractivity contribution < 1.29 is 13.9 Å². The monoisotopic (exact) mass is 390 g/mol. The van der Waals surface area contributed by atoms with Gasteiger partial charge >= 0.3 is 11.3 Å². The molecule has 0 bridgehead atoms. The van der Waals surface area contributed by atoms with E-state index < -0.39 is 11.3 Å². The molecule has 2 heterocycles. The van der Waals surface area contributed by atoms with Crippen LogP contribution in [0.25, 0.3) is 42.8 Å². The van der Waals surface area contributed by atoms with Gasteiger partial charge in [0.15, 0.2) is 0 Å². The van der Waals surface area contributed by atoms with E-state index in [1.165, 1.54) is 24.3 Å². The van der Waals surface area contributed by atoms with Crippen LogP contribution in [-0.2, 0) is 0 Å². The van der Waals surface area contributed by atoms with Crippen LogP contribution in [0, 0.1) is 0 Å². The number of aromatic hydroxyl groups is 1. The van der Waals surface area contributed by atoms with Crippen molar-refractivity contribution in [1.29, 1.82) is 0 Å². The minimum atomic E-state index is -0.731. The molecule has 0 aliphatic rings. The Bertz CT molecular complexity index is 1430. The van der Waals surface area contributed by atoms with Gasteiger partial charge in [-0.2, -0.15) is 0 Å². The number of rotatable bonds is 2. The lowest BCUT2D eigenvalue weighted by Crippen LogP contribution is -1.96. The van der Waals surface area contributed by atoms with Gasteiger partial charge in [0.25, 0.3) is 0 Å². The van der Waals surface area contributed by atoms with Gasteiger partial charge in [-0.3, -0.25) is 0 Å². The summed E-state index contributed by atoms with van der Waals surface area (Å²) in [6.07, 6.45) is 0. The Balaban J connectivity index is 0.000000166. The molecule has 29 heavy (non-hydrogen) atoms. The highest BCUT2D eigenvalue weighted by molar-refractivity contribution is 5.80. The van der Waals surface area contributed by atoms with E-state index in [0.29, 0.717) is 11.0 Å². The molecule has 142 valence electrons. The van der Waals surface area contributed by atoms with Crippen LogP contribution in [-0.4, -0.2) is 5.11 Å². The predicted molar refractivity (Wildman–Crippen MR) is 104 cm³/mol. The van der Waals surface area contributed by atoms with Crippen LogP contribution in [0.5, 0.6) is 5.75 Å². The number of phenolic OH excluding ortho intramolecular Hbond substituents is 1. The normalized spacial score (nSPS) is 9.79. The molecule has 0 spiro atoms. The van der Waals surface area contributed by atoms with Crippen molar-refractivity contribution >= 4 is 33.3 Å². The second kappa shape index (κ2) is 8.31. The van der Waals surface area contributed by atoms with E-state index in [-0.39, 0.29) is 22.7 Å². The minimum Gasteiger partial charge on any atom is -0.508 e. The summed E-state index contributed by atoms with van der Waals surface area (Å²) in [4.78, 5) is 27.5. The third kappa shape index (κ3) is 4.34. The van der Waals surface area contributed by atoms with E-state index in [0.717, 1.165) is 5.39 Å². The topological polar surface area (TPSA) is 178 Å². The molecule has 1 N–H and O–H groups in total. The molecule has 4 aromatic rings. The second-order valence-electron chi connectivity index (χ2n) is 5.48. The van der Waals surface area contributed by atoms with Gasteiger partial charge in [-0.05, 0) is 41.4 Å². The zero-order chi connectivity index (χ0) is 20.8. The first kappa shape index (κ1) is 19.1. The molecule has 0 atom stereocenters. The van der Waals surface area contributed by atoms with Gasteiger partial charge in [-0.15, -0.1) is 0 Å². The molecule has 0 amide bonds. The molecular weight excluding hydrogens is 380 g/mol. The molecule has 0 aliphatic heterocycles. The molecule has 2 aromatic carbocycles. The van der Waals surface area contributed by atoms with Crippen molar-refractivity contribution in [2.24, 2.45) is 10.2 Å². The number of hydrogen-bond donors (Lipinski definition) is 1. The third-order valence-corrected chi connectivity index (χ3v) is 3.63. The maximum atomic E-state index is 11.2. The number of fused-ring (bicyclic) bond motifs is 2. The van der Waals surface area contributed by atoms with E-state index in [2.05, 4.69) is 20.1 Å². The molecule has 0 fully saturated rings. The molecule has 0 radical (unpaired) electrons. The quantitative estimate of drug-likeness (QED) is 0.214. The summed E-state index contributed by atoms with van der Waals surface area (Å²) < 4.78 is 9.77. The van der Waals surface area contributed by atoms with E-state index in [1.807, 2.05) is 6.07 Å². The predicted octanol–water partition coefficient (Wildman–Crippen LogP) is 5.18. The van der Waals surface area contributed by atoms with Crippen molar-refractivity contribution in [3.63, 3.8) is 0 Å². The van der Waals surface area contributed by atoms with Crippen LogP contribution >= 0.6 is 0 Å². The minimum absolute atomic E-state index is 0.00202. The summed E-state index contributed by atoms with van der Waals surface area (Å²) >= 11 is 0. The Morgan fingerprint density at radius 3 is 1.93 bits per heavy atom. The van der Waals surface area contributed by atoms with Crippen LogP contribution in [0.15, 0.2) is 83.2 Å². The summed E-state index contributed by atoms with van der Waals surface area (Å²) in [7, 11) is 0. The van der Waals surface area contributed by atoms with Crippen molar-refractivity contribution in [1.82, 2.24) is 0 Å². The lowest BCUT2D eigenvalue weighted by Gasteiger charge is -1.97. The highest BCUT2D eigenvalue weighted by atomic mass is 16.4. The first-order chi connectivity index (χ1) is 14.0. The molecule has 4 rings (SSSR count). The summed E-state index contributed by atoms with van der Waals surface area (Å²) in [5.74, 6) is 0.00202. The van der Waals surface area contributed by atoms with Crippen LogP contribution < -0.4 is 11.3 Å². The lowest BCUT2D eigenvalue weighted by molar-refractivity contribution is 0.473. The Hall–Kier alpha value is -4.72. The molecule has 2 aromatic heterocycles. The van der Waals surface area contributed by atoms with Gasteiger partial charge in [-0.25, -0.2) is 9.59 Å². The van der Waals surface area contributed by atoms with Gasteiger partial charge in [0.2, 0.25) is 0 Å². The molecule has 11 heteroatoms. The number of benzene rings is 2. The number of nitrogens with zero attached hydrogens (tertiary/aromatic N) is 6. The second-order valence-corrected chi connectivity index (χ2v) is 5.48. The molecule has 0 unspecified atom stereocenters. The van der Waals surface area contributed by atoms with Crippen LogP contribution in [0.4, 0.5) is 11.4 Å². The Labute approximate surface area is 160 Å². The average Bonchev–Trinajstić information content (AvgIpc) is 2.70. The Morgan fingerprint density at radius 1 is 0.759 bits per heavy atom. The summed E-state index contributed by atoms with van der Waals surface area (Å²) in [5.41, 5.74) is 15.6. The largest absolute Gasteiger partial charge is 0.508 e. The van der Waals surface area contributed by atoms with Gasteiger partial charge < -0.3 is 13.9 Å². The maximum absolute atomic E-state index is 11.2. The number of azide groups is 2. The number of phenols is 1. The maximum Gasteiger partial charge on any atom is 0.345 e. The molecule has 11 nitrogen and oxygen atoms in total. The molecule has 0 saturated carbocycles. The molecular formula is C18H10N6O5. The van der Waals surface area contributed by atoms with Crippen LogP contribution in [0.3, 0.4) is 0 Å². The SMILES string of the molecule is [N-]=[N+]=Nc1cc2ccc(O)cc2oc1=O.[N-]=[N+]=Nc1cc2ccccc2oc1=O. The third-order valence-electron chi connectivity index (χ3n) is 3.63. The Kier molecular flexibility index (Phi) is 5.46. The number of para-hydroxylation sites is 1. The van der Waals surface area contributed by atoms with Gasteiger partial charge in [0.05, 0.1) is 0 Å². The summed E-state index contributed by atoms with van der Waals surface area (Å²) in [6.45, 7) is 0.